The van der Waals surface area contributed by atoms with E-state index in [2.05, 4.69) is 43.0 Å². The van der Waals surface area contributed by atoms with E-state index in [0.29, 0.717) is 71.9 Å². The summed E-state index contributed by atoms with van der Waals surface area (Å²) in [5.74, 6) is 2.31. The number of alkyl halides is 3. The standard InChI is InChI=1S/C29H33N5O4.C28H31N5O4.C22H24F3N5O3/c1-18-15-23(33-14-13-22(17-33)31-29(35)27(38-5)20-9-7-6-8-10-20)28-30-19(2)26(34(28)32-18)21-11-12-24(36-3)25(16-21)37-4;1-18-14-23(32-13-12-21(16-32)30-26(34)17-37-22-8-6-5-7-9-22)28-29-19(2)27(33(28)31-18)20-10-11-24(35-3)25(15-20)36-4;1-12-9-16(29-8-7-15(11-29)27-21(31)22(23,24)25)20-26-13(2)19(30(20)28-12)14-5-6-17(32-3)18(10-14)33-4/h6-12,15-16,22,27H,13-14,17H2,1-5H3,(H,31,35);5-11,14-15,21H,12-13,16-17H2,1-4H3,(H,30,34);5-6,9-10,15H,7-8,11H2,1-4H3,(H,27,31)/t22-,27+;21-;15-/m111/s1. The number of para-hydroxylation sites is 1. The highest BCUT2D eigenvalue weighted by atomic mass is 19.4. The number of carbonyl (C=O) groups is 3. The second-order valence-corrected chi connectivity index (χ2v) is 26.5. The van der Waals surface area contributed by atoms with E-state index in [-0.39, 0.29) is 37.0 Å². The number of carbonyl (C=O) groups excluding carboxylic acids is 3. The average Bonchev–Trinajstić information content (AvgIpc) is 1.61. The van der Waals surface area contributed by atoms with Gasteiger partial charge in [0.2, 0.25) is 0 Å². The minimum atomic E-state index is -4.90. The fraction of sp³-hybridized carbons (Fsp3) is 0.354. The average molecular weight is 1480 g/mol. The summed E-state index contributed by atoms with van der Waals surface area (Å²) in [5.41, 5.74) is 16.0. The van der Waals surface area contributed by atoms with Crippen LogP contribution in [0.2, 0.25) is 0 Å². The van der Waals surface area contributed by atoms with Gasteiger partial charge in [0.25, 0.3) is 11.8 Å². The number of nitrogens with one attached hydrogen (secondary N) is 3. The summed E-state index contributed by atoms with van der Waals surface area (Å²) < 4.78 is 87.1. The molecule has 0 bridgehead atoms. The van der Waals surface area contributed by atoms with Crippen LogP contribution in [0.3, 0.4) is 0 Å². The summed E-state index contributed by atoms with van der Waals surface area (Å²) in [7, 11) is 11.2. The van der Waals surface area contributed by atoms with Crippen LogP contribution in [0.5, 0.6) is 40.2 Å². The normalized spacial score (nSPS) is 15.8. The number of hydrogen-bond acceptors (Lipinski definition) is 20. The van der Waals surface area contributed by atoms with E-state index in [1.807, 2.05) is 171 Å². The molecule has 14 rings (SSSR count). The van der Waals surface area contributed by atoms with E-state index in [0.717, 1.165) is 128 Å². The minimum Gasteiger partial charge on any atom is -0.493 e. The SMILES string of the molecule is COc1ccc(-c2c(C)nc3c(N4CC[C@@H](NC(=O)C(F)(F)F)C4)cc(C)nn23)cc1OC.COc1ccc(-c2c(C)nc3c(N4CC[C@@H](NC(=O)COc5ccccc5)C4)cc(C)nn23)cc1OC.COc1ccc(-c2c(C)nc3c(N4CC[C@@H](NC(=O)[C@@H](OC)c5ccccc5)C4)cc(C)nn23)cc1OC. The number of imidazole rings is 3. The first-order chi connectivity index (χ1) is 52.0. The van der Waals surface area contributed by atoms with Gasteiger partial charge in [0, 0.05) is 81.2 Å². The zero-order chi connectivity index (χ0) is 76.7. The van der Waals surface area contributed by atoms with Crippen LogP contribution in [-0.4, -0.2) is 181 Å². The van der Waals surface area contributed by atoms with E-state index in [1.165, 1.54) is 0 Å². The van der Waals surface area contributed by atoms with Crippen LogP contribution in [0.1, 0.15) is 65.1 Å². The number of methoxy groups -OCH3 is 7. The fourth-order valence-electron chi connectivity index (χ4n) is 14.1. The second kappa shape index (κ2) is 32.9. The number of nitrogens with zero attached hydrogens (tertiary/aromatic N) is 12. The van der Waals surface area contributed by atoms with Gasteiger partial charge in [0.1, 0.15) is 5.75 Å². The summed E-state index contributed by atoms with van der Waals surface area (Å²) in [6.07, 6.45) is -3.47. The molecule has 3 saturated heterocycles. The first-order valence-electron chi connectivity index (χ1n) is 35.3. The summed E-state index contributed by atoms with van der Waals surface area (Å²) in [5, 5.41) is 22.6. The molecule has 29 heteroatoms. The zero-order valence-corrected chi connectivity index (χ0v) is 62.6. The number of amides is 3. The molecule has 3 amide bonds. The predicted molar refractivity (Wildman–Crippen MR) is 403 cm³/mol. The Labute approximate surface area is 623 Å². The smallest absolute Gasteiger partial charge is 0.471 e. The monoisotopic (exact) mass is 1480 g/mol. The van der Waals surface area contributed by atoms with Crippen molar-refractivity contribution in [3.63, 3.8) is 0 Å². The zero-order valence-electron chi connectivity index (χ0n) is 62.6. The molecule has 5 aromatic carbocycles. The van der Waals surface area contributed by atoms with Gasteiger partial charge in [-0.25, -0.2) is 28.5 Å². The third-order valence-electron chi connectivity index (χ3n) is 19.1. The number of fused-ring (bicyclic) bond motifs is 3. The van der Waals surface area contributed by atoms with Crippen molar-refractivity contribution in [3.05, 3.63) is 173 Å². The Kier molecular flexibility index (Phi) is 23.1. The maximum atomic E-state index is 13.0. The highest BCUT2D eigenvalue weighted by Crippen LogP contribution is 2.40. The molecule has 3 aliphatic rings. The van der Waals surface area contributed by atoms with E-state index >= 15 is 0 Å². The Bertz CT molecular complexity index is 5070. The molecule has 3 aliphatic heterocycles. The maximum Gasteiger partial charge on any atom is 0.471 e. The molecule has 9 heterocycles. The number of aromatic nitrogens is 9. The summed E-state index contributed by atoms with van der Waals surface area (Å²) in [6, 6.07) is 41.5. The van der Waals surface area contributed by atoms with E-state index in [1.54, 1.807) is 60.4 Å². The van der Waals surface area contributed by atoms with Gasteiger partial charge in [0.05, 0.1) is 111 Å². The molecule has 566 valence electrons. The molecule has 26 nitrogen and oxygen atoms in total. The first kappa shape index (κ1) is 75.8. The van der Waals surface area contributed by atoms with Gasteiger partial charge in [-0.15, -0.1) is 0 Å². The summed E-state index contributed by atoms with van der Waals surface area (Å²) in [4.78, 5) is 57.9. The van der Waals surface area contributed by atoms with Crippen molar-refractivity contribution in [1.29, 1.82) is 0 Å². The van der Waals surface area contributed by atoms with Crippen molar-refractivity contribution in [2.75, 3.05) is 110 Å². The van der Waals surface area contributed by atoms with Crippen molar-refractivity contribution < 1.29 is 65.4 Å². The molecule has 0 spiro atoms. The fourth-order valence-corrected chi connectivity index (χ4v) is 14.1. The molecule has 108 heavy (non-hydrogen) atoms. The molecular weight excluding hydrogens is 1390 g/mol. The lowest BCUT2D eigenvalue weighted by Crippen LogP contribution is -2.44. The lowest BCUT2D eigenvalue weighted by atomic mass is 10.1. The number of aryl methyl sites for hydroxylation is 6. The molecule has 0 aliphatic carbocycles. The van der Waals surface area contributed by atoms with Crippen LogP contribution in [0, 0.1) is 41.5 Å². The first-order valence-corrected chi connectivity index (χ1v) is 35.3. The molecule has 0 saturated carbocycles. The Balaban J connectivity index is 0.000000152. The van der Waals surface area contributed by atoms with Gasteiger partial charge in [-0.3, -0.25) is 14.4 Å². The van der Waals surface area contributed by atoms with Crippen LogP contribution in [-0.2, 0) is 19.1 Å². The Hall–Kier alpha value is -11.9. The number of rotatable bonds is 21. The largest absolute Gasteiger partial charge is 0.493 e. The quantitative estimate of drug-likeness (QED) is 0.0604. The molecule has 4 atom stereocenters. The van der Waals surface area contributed by atoms with Crippen LogP contribution < -0.4 is 63.8 Å². The third kappa shape index (κ3) is 16.4. The maximum absolute atomic E-state index is 13.0. The highest BCUT2D eigenvalue weighted by Gasteiger charge is 2.41. The number of halogens is 3. The number of ether oxygens (including phenoxy) is 8. The van der Waals surface area contributed by atoms with E-state index in [4.69, 9.17) is 63.0 Å². The third-order valence-corrected chi connectivity index (χ3v) is 19.1. The summed E-state index contributed by atoms with van der Waals surface area (Å²) >= 11 is 0. The van der Waals surface area contributed by atoms with Crippen LogP contribution in [0.4, 0.5) is 30.2 Å². The van der Waals surface area contributed by atoms with Crippen molar-refractivity contribution in [2.45, 2.75) is 91.2 Å². The number of hydrogen-bond donors (Lipinski definition) is 3. The van der Waals surface area contributed by atoms with Gasteiger partial charge in [-0.1, -0.05) is 48.5 Å². The van der Waals surface area contributed by atoms with Crippen LogP contribution in [0.15, 0.2) is 133 Å². The van der Waals surface area contributed by atoms with Crippen molar-refractivity contribution in [2.24, 2.45) is 0 Å². The second-order valence-electron chi connectivity index (χ2n) is 26.5. The molecule has 0 unspecified atom stereocenters. The minimum absolute atomic E-state index is 0.00115. The Morgan fingerprint density at radius 1 is 0.454 bits per heavy atom. The van der Waals surface area contributed by atoms with Gasteiger partial charge in [-0.05, 0) is 151 Å². The molecule has 3 N–H and O–H groups in total. The lowest BCUT2D eigenvalue weighted by molar-refractivity contribution is -0.174. The van der Waals surface area contributed by atoms with Gasteiger partial charge >= 0.3 is 12.1 Å². The molecule has 6 aromatic heterocycles. The molecule has 3 fully saturated rings. The van der Waals surface area contributed by atoms with E-state index in [9.17, 15) is 27.6 Å². The topological polar surface area (TPSA) is 261 Å². The Morgan fingerprint density at radius 3 is 1.16 bits per heavy atom. The lowest BCUT2D eigenvalue weighted by Gasteiger charge is -2.22. The van der Waals surface area contributed by atoms with Crippen LogP contribution >= 0.6 is 0 Å². The molecule has 0 radical (unpaired) electrons. The van der Waals surface area contributed by atoms with Gasteiger partial charge in [-0.2, -0.15) is 28.5 Å². The van der Waals surface area contributed by atoms with Crippen molar-refractivity contribution >= 4 is 51.7 Å². The van der Waals surface area contributed by atoms with E-state index < -0.39 is 24.2 Å². The highest BCUT2D eigenvalue weighted by molar-refractivity contribution is 5.85. The number of anilines is 3. The van der Waals surface area contributed by atoms with Gasteiger partial charge in [0.15, 0.2) is 64.1 Å². The predicted octanol–water partition coefficient (Wildman–Crippen LogP) is 11.2. The van der Waals surface area contributed by atoms with Gasteiger partial charge < -0.3 is 68.5 Å². The van der Waals surface area contributed by atoms with Crippen LogP contribution in [0.25, 0.3) is 50.7 Å². The molecular formula is C79H88F3N15O11. The molecule has 11 aromatic rings. The van der Waals surface area contributed by atoms with Crippen molar-refractivity contribution in [1.82, 2.24) is 59.7 Å². The summed E-state index contributed by atoms with van der Waals surface area (Å²) in [6.45, 7) is 15.3. The number of benzene rings is 5. The Morgan fingerprint density at radius 2 is 0.806 bits per heavy atom. The van der Waals surface area contributed by atoms with Crippen molar-refractivity contribution in [3.8, 4) is 74.0 Å².